The Hall–Kier alpha value is -11.5. The van der Waals surface area contributed by atoms with Crippen LogP contribution in [0.25, 0.3) is 103 Å². The highest BCUT2D eigenvalue weighted by atomic mass is 32.1. The predicted molar refractivity (Wildman–Crippen MR) is 422 cm³/mol. The van der Waals surface area contributed by atoms with Crippen LogP contribution in [0.1, 0.15) is 49.9 Å². The molecule has 0 radical (unpaired) electrons. The van der Waals surface area contributed by atoms with E-state index in [1.54, 1.807) is 0 Å². The van der Waals surface area contributed by atoms with Crippen molar-refractivity contribution in [2.45, 2.75) is 38.5 Å². The Morgan fingerprint density at radius 2 is 0.602 bits per heavy atom. The van der Waals surface area contributed by atoms with Gasteiger partial charge in [-0.1, -0.05) is 246 Å². The first-order valence-corrected chi connectivity index (χ1v) is 34.8. The summed E-state index contributed by atoms with van der Waals surface area (Å²) in [4.78, 5) is 6.86. The number of thiophene rings is 1. The lowest BCUT2D eigenvalue weighted by Gasteiger charge is -2.25. The SMILES string of the molecule is CN(c1cc(-c2ccccc2)cc(-c2ccccc2)c1)c1ccc2c(c1)C(C)(C)c1ccccc1-2.CN(c1ccc(-c2ccccc2)cc1)c1ccc(-n2c3ccccc3c3ccccc32)cc1.CN(c1ccc2c(c1)C(C)(C)c1ccccc1-2)c1ccc2sc3ccccc3c2c1. The van der Waals surface area contributed by atoms with Crippen LogP contribution >= 0.6 is 11.3 Å². The minimum atomic E-state index is -0.0101. The van der Waals surface area contributed by atoms with E-state index < -0.39 is 0 Å². The largest absolute Gasteiger partial charge is 0.345 e. The quantitative estimate of drug-likeness (QED) is 0.136. The molecule has 5 heteroatoms. The van der Waals surface area contributed by atoms with Crippen LogP contribution in [0.5, 0.6) is 0 Å². The van der Waals surface area contributed by atoms with E-state index in [2.05, 4.69) is 402 Å². The van der Waals surface area contributed by atoms with E-state index in [4.69, 9.17) is 0 Å². The maximum atomic E-state index is 2.38. The lowest BCUT2D eigenvalue weighted by atomic mass is 9.82. The molecule has 0 spiro atoms. The van der Waals surface area contributed by atoms with E-state index >= 15 is 0 Å². The molecule has 4 nitrogen and oxygen atoms in total. The summed E-state index contributed by atoms with van der Waals surface area (Å²) in [6.45, 7) is 9.35. The van der Waals surface area contributed by atoms with Crippen molar-refractivity contribution in [3.63, 3.8) is 0 Å². The summed E-state index contributed by atoms with van der Waals surface area (Å²) in [7, 11) is 6.47. The van der Waals surface area contributed by atoms with Crippen LogP contribution in [-0.2, 0) is 10.8 Å². The zero-order valence-electron chi connectivity index (χ0n) is 56.5. The van der Waals surface area contributed by atoms with Crippen molar-refractivity contribution in [2.24, 2.45) is 0 Å². The van der Waals surface area contributed by atoms with Crippen molar-refractivity contribution in [1.82, 2.24) is 4.57 Å². The molecule has 0 N–H and O–H groups in total. The zero-order valence-corrected chi connectivity index (χ0v) is 57.3. The van der Waals surface area contributed by atoms with Gasteiger partial charge in [-0.15, -0.1) is 11.3 Å². The number of hydrogen-bond acceptors (Lipinski definition) is 4. The van der Waals surface area contributed by atoms with Gasteiger partial charge in [0.15, 0.2) is 0 Å². The number of aromatic nitrogens is 1. The third-order valence-corrected chi connectivity index (χ3v) is 21.8. The Morgan fingerprint density at radius 1 is 0.245 bits per heavy atom. The highest BCUT2D eigenvalue weighted by Gasteiger charge is 2.37. The van der Waals surface area contributed by atoms with Crippen molar-refractivity contribution >= 4 is 87.4 Å². The number of hydrogen-bond donors (Lipinski definition) is 0. The van der Waals surface area contributed by atoms with Gasteiger partial charge in [-0.3, -0.25) is 0 Å². The Kier molecular flexibility index (Phi) is 15.8. The molecule has 2 heterocycles. The van der Waals surface area contributed by atoms with Crippen molar-refractivity contribution in [3.8, 4) is 61.3 Å². The highest BCUT2D eigenvalue weighted by molar-refractivity contribution is 7.25. The van der Waals surface area contributed by atoms with E-state index in [9.17, 15) is 0 Å². The molecular formula is C93H76N4S. The van der Waals surface area contributed by atoms with Crippen LogP contribution in [0, 0.1) is 0 Å². The summed E-state index contributed by atoms with van der Waals surface area (Å²) in [6.07, 6.45) is 0. The fraction of sp³-hybridized carbons (Fsp3) is 0.0968. The second-order valence-corrected chi connectivity index (χ2v) is 28.1. The first-order chi connectivity index (χ1) is 47.8. The van der Waals surface area contributed by atoms with Crippen molar-refractivity contribution in [1.29, 1.82) is 0 Å². The smallest absolute Gasteiger partial charge is 0.0541 e. The zero-order chi connectivity index (χ0) is 66.7. The molecule has 0 aliphatic heterocycles. The van der Waals surface area contributed by atoms with Crippen LogP contribution in [0.15, 0.2) is 334 Å². The molecule has 2 aromatic heterocycles. The molecule has 0 bridgehead atoms. The molecule has 0 unspecified atom stereocenters. The van der Waals surface area contributed by atoms with Gasteiger partial charge in [-0.2, -0.15) is 0 Å². The van der Waals surface area contributed by atoms with Crippen LogP contribution in [-0.4, -0.2) is 25.7 Å². The van der Waals surface area contributed by atoms with Crippen LogP contribution < -0.4 is 14.7 Å². The molecule has 474 valence electrons. The van der Waals surface area contributed by atoms with E-state index in [0.29, 0.717) is 0 Å². The molecule has 0 fully saturated rings. The molecular weight excluding hydrogens is 1210 g/mol. The first-order valence-electron chi connectivity index (χ1n) is 34.0. The Labute approximate surface area is 579 Å². The minimum Gasteiger partial charge on any atom is -0.345 e. The Morgan fingerprint density at radius 3 is 1.12 bits per heavy atom. The van der Waals surface area contributed by atoms with Gasteiger partial charge in [0.05, 0.1) is 11.0 Å². The summed E-state index contributed by atoms with van der Waals surface area (Å²) in [5.74, 6) is 0. The molecule has 2 aliphatic carbocycles. The maximum Gasteiger partial charge on any atom is 0.0541 e. The lowest BCUT2D eigenvalue weighted by molar-refractivity contribution is 0.660. The number of para-hydroxylation sites is 2. The van der Waals surface area contributed by atoms with Gasteiger partial charge in [-0.25, -0.2) is 0 Å². The Bertz CT molecular complexity index is 5500. The maximum absolute atomic E-state index is 2.38. The number of anilines is 6. The summed E-state index contributed by atoms with van der Waals surface area (Å²) in [5, 5.41) is 5.26. The summed E-state index contributed by atoms with van der Waals surface area (Å²) in [5.41, 5.74) is 29.3. The van der Waals surface area contributed by atoms with E-state index in [1.165, 1.54) is 154 Å². The number of fused-ring (bicyclic) bond motifs is 12. The van der Waals surface area contributed by atoms with Crippen LogP contribution in [0.4, 0.5) is 34.1 Å². The third kappa shape index (κ3) is 11.1. The molecule has 16 aromatic rings. The monoisotopic (exact) mass is 1280 g/mol. The standard InChI is InChI=1S/C34H29N.C31H24N2.C28H23NS/c1-34(2)32-17-11-10-16-30(32)31-19-18-28(23-33(31)34)35(3)29-21-26(24-12-6-4-7-13-24)20-27(22-29)25-14-8-5-9-15-25;1-32(25-17-15-24(16-18-25)23-9-3-2-4-10-23)26-19-21-27(22-20-26)33-30-13-7-5-11-28(30)29-12-6-8-14-31(29)33;1-28(2)24-10-6-4-8-20(24)21-14-12-19(17-25(21)28)29(3)18-13-15-27-23(16-18)22-9-5-7-11-26(22)30-27/h4-23H,1-3H3;2-22H,1H3;4-17H,1-3H3. The topological polar surface area (TPSA) is 14.7 Å². The molecule has 98 heavy (non-hydrogen) atoms. The van der Waals surface area contributed by atoms with Gasteiger partial charge >= 0.3 is 0 Å². The number of rotatable bonds is 10. The average Bonchev–Trinajstić information content (AvgIpc) is 1.58. The molecule has 2 aliphatic rings. The summed E-state index contributed by atoms with van der Waals surface area (Å²) in [6, 6.07) is 121. The molecule has 14 aromatic carbocycles. The average molecular weight is 1280 g/mol. The minimum absolute atomic E-state index is 0.0101. The predicted octanol–water partition coefficient (Wildman–Crippen LogP) is 25.4. The van der Waals surface area contributed by atoms with Gasteiger partial charge < -0.3 is 19.3 Å². The summed E-state index contributed by atoms with van der Waals surface area (Å²) >= 11 is 1.87. The van der Waals surface area contributed by atoms with Crippen molar-refractivity contribution in [3.05, 3.63) is 356 Å². The highest BCUT2D eigenvalue weighted by Crippen LogP contribution is 2.52. The first kappa shape index (κ1) is 61.4. The van der Waals surface area contributed by atoms with E-state index in [-0.39, 0.29) is 10.8 Å². The van der Waals surface area contributed by atoms with Crippen LogP contribution in [0.3, 0.4) is 0 Å². The Balaban J connectivity index is 0.000000115. The van der Waals surface area contributed by atoms with Crippen molar-refractivity contribution < 1.29 is 0 Å². The third-order valence-electron chi connectivity index (χ3n) is 20.6. The van der Waals surface area contributed by atoms with E-state index in [0.717, 1.165) is 5.69 Å². The van der Waals surface area contributed by atoms with Gasteiger partial charge in [0.1, 0.15) is 0 Å². The van der Waals surface area contributed by atoms with Crippen molar-refractivity contribution in [2.75, 3.05) is 35.8 Å². The molecule has 0 saturated heterocycles. The molecule has 0 atom stereocenters. The van der Waals surface area contributed by atoms with Gasteiger partial charge in [0, 0.05) is 103 Å². The van der Waals surface area contributed by atoms with E-state index in [1.807, 2.05) is 11.3 Å². The second kappa shape index (κ2) is 25.2. The number of nitrogens with zero attached hydrogens (tertiary/aromatic N) is 4. The molecule has 0 amide bonds. The number of benzene rings is 14. The molecule has 0 saturated carbocycles. The molecule has 18 rings (SSSR count). The van der Waals surface area contributed by atoms with Gasteiger partial charge in [0.25, 0.3) is 0 Å². The normalized spacial score (nSPS) is 12.8. The summed E-state index contributed by atoms with van der Waals surface area (Å²) < 4.78 is 5.05. The van der Waals surface area contributed by atoms with Crippen LogP contribution in [0.2, 0.25) is 0 Å². The fourth-order valence-electron chi connectivity index (χ4n) is 15.1. The fourth-order valence-corrected chi connectivity index (χ4v) is 16.2. The second-order valence-electron chi connectivity index (χ2n) is 27.1. The van der Waals surface area contributed by atoms with Gasteiger partial charge in [-0.05, 0) is 193 Å². The lowest BCUT2D eigenvalue weighted by Crippen LogP contribution is -2.16. The van der Waals surface area contributed by atoms with Gasteiger partial charge in [0.2, 0.25) is 0 Å².